The summed E-state index contributed by atoms with van der Waals surface area (Å²) in [7, 11) is 3.20. The van der Waals surface area contributed by atoms with Crippen molar-refractivity contribution in [1.82, 2.24) is 24.9 Å². The number of piperazine rings is 1. The number of para-hydroxylation sites is 1. The van der Waals surface area contributed by atoms with Crippen LogP contribution >= 0.6 is 0 Å². The van der Waals surface area contributed by atoms with Crippen LogP contribution in [0, 0.1) is 0 Å². The highest BCUT2D eigenvalue weighted by Gasteiger charge is 2.33. The molecule has 1 aliphatic rings. The van der Waals surface area contributed by atoms with Crippen LogP contribution in [0.2, 0.25) is 0 Å². The van der Waals surface area contributed by atoms with E-state index in [9.17, 15) is 9.59 Å². The number of carbonyl (C=O) groups excluding carboxylic acids is 2. The maximum atomic E-state index is 13.0. The molecule has 31 heavy (non-hydrogen) atoms. The number of ether oxygens (including phenoxy) is 2. The number of amides is 2. The van der Waals surface area contributed by atoms with Crippen LogP contribution in [0.15, 0.2) is 36.7 Å². The van der Waals surface area contributed by atoms with Gasteiger partial charge in [-0.25, -0.2) is 0 Å². The van der Waals surface area contributed by atoms with Crippen molar-refractivity contribution < 1.29 is 19.1 Å². The zero-order chi connectivity index (χ0) is 22.2. The van der Waals surface area contributed by atoms with E-state index in [4.69, 9.17) is 9.47 Å². The van der Waals surface area contributed by atoms with Gasteiger partial charge in [0, 0.05) is 50.7 Å². The van der Waals surface area contributed by atoms with Gasteiger partial charge in [0.25, 0.3) is 0 Å². The van der Waals surface area contributed by atoms with Crippen molar-refractivity contribution in [1.29, 1.82) is 0 Å². The van der Waals surface area contributed by atoms with Gasteiger partial charge in [0.2, 0.25) is 11.8 Å². The first-order chi connectivity index (χ1) is 15.1. The second-order valence-electron chi connectivity index (χ2n) is 7.38. The number of nitrogens with zero attached hydrogens (tertiary/aromatic N) is 4. The van der Waals surface area contributed by atoms with Gasteiger partial charge in [-0.2, -0.15) is 5.10 Å². The summed E-state index contributed by atoms with van der Waals surface area (Å²) in [6, 6.07) is 7.01. The number of hydrogen-bond acceptors (Lipinski definition) is 6. The molecule has 2 amide bonds. The summed E-state index contributed by atoms with van der Waals surface area (Å²) >= 11 is 0. The van der Waals surface area contributed by atoms with Gasteiger partial charge in [-0.15, -0.1) is 0 Å². The largest absolute Gasteiger partial charge is 0.493 e. The third kappa shape index (κ3) is 5.55. The van der Waals surface area contributed by atoms with Crippen molar-refractivity contribution >= 4 is 11.8 Å². The molecular weight excluding hydrogens is 398 g/mol. The molecule has 1 aliphatic heterocycles. The molecule has 2 aromatic rings. The predicted octanol–water partition coefficient (Wildman–Crippen LogP) is 1.14. The highest BCUT2D eigenvalue weighted by atomic mass is 16.5. The maximum absolute atomic E-state index is 13.0. The van der Waals surface area contributed by atoms with E-state index in [1.807, 2.05) is 42.3 Å². The van der Waals surface area contributed by atoms with Gasteiger partial charge in [0.05, 0.1) is 33.2 Å². The standard InChI is InChI=1S/C22H31N5O4/c1-4-25(13-14-27-11-6-9-24-27)20(28)15-18-22(29)23-10-12-26(18)16-17-7-5-8-19(30-2)21(17)31-3/h5-9,11,18H,4,10,12-16H2,1-3H3,(H,23,29)/t18-/m1/s1. The Bertz CT molecular complexity index is 871. The summed E-state index contributed by atoms with van der Waals surface area (Å²) in [4.78, 5) is 29.5. The first-order valence-corrected chi connectivity index (χ1v) is 10.5. The van der Waals surface area contributed by atoms with Crippen molar-refractivity contribution in [3.63, 3.8) is 0 Å². The summed E-state index contributed by atoms with van der Waals surface area (Å²) < 4.78 is 12.7. The van der Waals surface area contributed by atoms with Crippen LogP contribution in [0.3, 0.4) is 0 Å². The van der Waals surface area contributed by atoms with Gasteiger partial charge in [-0.1, -0.05) is 12.1 Å². The van der Waals surface area contributed by atoms with Crippen LogP contribution in [0.5, 0.6) is 11.5 Å². The minimum Gasteiger partial charge on any atom is -0.493 e. The summed E-state index contributed by atoms with van der Waals surface area (Å²) in [6.07, 6.45) is 3.72. The van der Waals surface area contributed by atoms with Gasteiger partial charge in [0.15, 0.2) is 11.5 Å². The molecule has 0 spiro atoms. The molecule has 1 fully saturated rings. The molecule has 0 aliphatic carbocycles. The van der Waals surface area contributed by atoms with Gasteiger partial charge < -0.3 is 19.7 Å². The van der Waals surface area contributed by atoms with Crippen LogP contribution in [0.25, 0.3) is 0 Å². The minimum atomic E-state index is -0.532. The molecule has 0 unspecified atom stereocenters. The molecule has 0 saturated carbocycles. The number of aromatic nitrogens is 2. The van der Waals surface area contributed by atoms with E-state index in [2.05, 4.69) is 10.4 Å². The number of likely N-dealkylation sites (N-methyl/N-ethyl adjacent to an activating group) is 1. The Kier molecular flexibility index (Phi) is 7.88. The number of nitrogens with one attached hydrogen (secondary N) is 1. The van der Waals surface area contributed by atoms with Crippen molar-refractivity contribution in [2.45, 2.75) is 32.5 Å². The smallest absolute Gasteiger partial charge is 0.237 e. The molecule has 9 nitrogen and oxygen atoms in total. The van der Waals surface area contributed by atoms with Crippen molar-refractivity contribution in [2.24, 2.45) is 0 Å². The lowest BCUT2D eigenvalue weighted by molar-refractivity contribution is -0.139. The second-order valence-corrected chi connectivity index (χ2v) is 7.38. The molecule has 168 valence electrons. The Hall–Kier alpha value is -3.07. The first-order valence-electron chi connectivity index (χ1n) is 10.5. The fourth-order valence-electron chi connectivity index (χ4n) is 3.88. The van der Waals surface area contributed by atoms with Gasteiger partial charge in [-0.3, -0.25) is 19.2 Å². The van der Waals surface area contributed by atoms with Crippen LogP contribution in [0.4, 0.5) is 0 Å². The zero-order valence-electron chi connectivity index (χ0n) is 18.4. The van der Waals surface area contributed by atoms with Gasteiger partial charge >= 0.3 is 0 Å². The van der Waals surface area contributed by atoms with Crippen molar-refractivity contribution in [2.75, 3.05) is 40.4 Å². The number of benzene rings is 1. The minimum absolute atomic E-state index is 0.0423. The summed E-state index contributed by atoms with van der Waals surface area (Å²) in [5.41, 5.74) is 0.917. The second kappa shape index (κ2) is 10.8. The molecule has 0 bridgehead atoms. The molecular formula is C22H31N5O4. The number of rotatable bonds is 10. The molecule has 0 radical (unpaired) electrons. The van der Waals surface area contributed by atoms with E-state index in [0.717, 1.165) is 5.56 Å². The number of hydrogen-bond donors (Lipinski definition) is 1. The molecule has 2 heterocycles. The third-order valence-electron chi connectivity index (χ3n) is 5.56. The Morgan fingerprint density at radius 2 is 2.13 bits per heavy atom. The lowest BCUT2D eigenvalue weighted by Gasteiger charge is -2.36. The third-order valence-corrected chi connectivity index (χ3v) is 5.56. The Morgan fingerprint density at radius 1 is 1.29 bits per heavy atom. The van der Waals surface area contributed by atoms with E-state index in [1.54, 1.807) is 30.0 Å². The molecule has 1 aromatic carbocycles. The summed E-state index contributed by atoms with van der Waals surface area (Å²) in [5, 5.41) is 7.08. The fraction of sp³-hybridized carbons (Fsp3) is 0.500. The van der Waals surface area contributed by atoms with E-state index in [1.165, 1.54) is 0 Å². The van der Waals surface area contributed by atoms with Crippen LogP contribution in [0.1, 0.15) is 18.9 Å². The van der Waals surface area contributed by atoms with E-state index in [0.29, 0.717) is 50.8 Å². The van der Waals surface area contributed by atoms with Gasteiger partial charge in [0.1, 0.15) is 0 Å². The first kappa shape index (κ1) is 22.6. The predicted molar refractivity (Wildman–Crippen MR) is 116 cm³/mol. The topological polar surface area (TPSA) is 88.9 Å². The van der Waals surface area contributed by atoms with E-state index in [-0.39, 0.29) is 18.2 Å². The monoisotopic (exact) mass is 429 g/mol. The van der Waals surface area contributed by atoms with Crippen LogP contribution in [-0.2, 0) is 22.7 Å². The van der Waals surface area contributed by atoms with E-state index >= 15 is 0 Å². The number of methoxy groups -OCH3 is 2. The Labute approximate surface area is 182 Å². The quantitative estimate of drug-likeness (QED) is 0.609. The molecule has 1 saturated heterocycles. The van der Waals surface area contributed by atoms with E-state index < -0.39 is 6.04 Å². The molecule has 1 aromatic heterocycles. The summed E-state index contributed by atoms with van der Waals surface area (Å²) in [6.45, 7) is 5.39. The molecule has 1 N–H and O–H groups in total. The van der Waals surface area contributed by atoms with Crippen molar-refractivity contribution in [3.8, 4) is 11.5 Å². The molecule has 9 heteroatoms. The molecule has 1 atom stereocenters. The Morgan fingerprint density at radius 3 is 2.81 bits per heavy atom. The van der Waals surface area contributed by atoms with Gasteiger partial charge in [-0.05, 0) is 19.1 Å². The average molecular weight is 430 g/mol. The normalized spacial score (nSPS) is 16.6. The SMILES string of the molecule is CCN(CCn1cccn1)C(=O)C[C@@H]1C(=O)NCCN1Cc1cccc(OC)c1OC. The lowest BCUT2D eigenvalue weighted by atomic mass is 10.1. The van der Waals surface area contributed by atoms with Crippen molar-refractivity contribution in [3.05, 3.63) is 42.2 Å². The fourth-order valence-corrected chi connectivity index (χ4v) is 3.88. The average Bonchev–Trinajstić information content (AvgIpc) is 3.30. The Balaban J connectivity index is 1.70. The lowest BCUT2D eigenvalue weighted by Crippen LogP contribution is -2.56. The maximum Gasteiger partial charge on any atom is 0.237 e. The van der Waals surface area contributed by atoms with Crippen LogP contribution in [-0.4, -0.2) is 77.8 Å². The highest BCUT2D eigenvalue weighted by Crippen LogP contribution is 2.32. The molecule has 3 rings (SSSR count). The highest BCUT2D eigenvalue weighted by molar-refractivity contribution is 5.88. The van der Waals surface area contributed by atoms with Crippen LogP contribution < -0.4 is 14.8 Å². The summed E-state index contributed by atoms with van der Waals surface area (Å²) in [5.74, 6) is 1.13. The zero-order valence-corrected chi connectivity index (χ0v) is 18.4. The number of carbonyl (C=O) groups is 2.